The number of aromatic nitrogens is 2. The van der Waals surface area contributed by atoms with Gasteiger partial charge in [-0.2, -0.15) is 4.98 Å². The molecule has 0 unspecified atom stereocenters. The molecule has 0 saturated carbocycles. The fourth-order valence-corrected chi connectivity index (χ4v) is 1.60. The van der Waals surface area contributed by atoms with Crippen LogP contribution >= 0.6 is 11.6 Å². The molecular formula is C12H13ClN4O. The molecule has 2 aromatic rings. The summed E-state index contributed by atoms with van der Waals surface area (Å²) >= 11 is 5.75. The van der Waals surface area contributed by atoms with E-state index in [-0.39, 0.29) is 11.1 Å². The van der Waals surface area contributed by atoms with E-state index < -0.39 is 0 Å². The highest BCUT2D eigenvalue weighted by molar-refractivity contribution is 6.29. The fraction of sp³-hybridized carbons (Fsp3) is 0.167. The summed E-state index contributed by atoms with van der Waals surface area (Å²) in [6.07, 6.45) is 0. The molecule has 2 rings (SSSR count). The quantitative estimate of drug-likeness (QED) is 0.822. The van der Waals surface area contributed by atoms with Crippen LogP contribution in [0.15, 0.2) is 30.3 Å². The predicted octanol–water partition coefficient (Wildman–Crippen LogP) is 1.75. The van der Waals surface area contributed by atoms with E-state index in [1.807, 2.05) is 24.3 Å². The van der Waals surface area contributed by atoms with Crippen molar-refractivity contribution in [3.05, 3.63) is 46.6 Å². The number of ether oxygens (including phenoxy) is 1. The van der Waals surface area contributed by atoms with Gasteiger partial charge in [0.2, 0.25) is 11.8 Å². The standard InChI is InChI=1S/C12H13ClN4O/c13-10-5-11(17-12(15)16-10)18-7-9-3-1-8(6-14)2-4-9/h1-5H,6-7,14H2,(H2,15,16,17). The third-order valence-electron chi connectivity index (χ3n) is 2.33. The lowest BCUT2D eigenvalue weighted by molar-refractivity contribution is 0.294. The molecule has 0 spiro atoms. The second-order valence-corrected chi connectivity index (χ2v) is 4.08. The van der Waals surface area contributed by atoms with Gasteiger partial charge in [0.15, 0.2) is 0 Å². The van der Waals surface area contributed by atoms with Crippen LogP contribution in [0.3, 0.4) is 0 Å². The number of nitrogens with zero attached hydrogens (tertiary/aromatic N) is 2. The zero-order valence-electron chi connectivity index (χ0n) is 9.64. The largest absolute Gasteiger partial charge is 0.473 e. The SMILES string of the molecule is NCc1ccc(COc2cc(Cl)nc(N)n2)cc1. The summed E-state index contributed by atoms with van der Waals surface area (Å²) in [6, 6.07) is 9.34. The molecule has 94 valence electrons. The number of hydrogen-bond acceptors (Lipinski definition) is 5. The number of benzene rings is 1. The summed E-state index contributed by atoms with van der Waals surface area (Å²) in [5, 5.41) is 0.260. The first-order valence-electron chi connectivity index (χ1n) is 5.38. The van der Waals surface area contributed by atoms with E-state index in [0.29, 0.717) is 19.0 Å². The highest BCUT2D eigenvalue weighted by atomic mass is 35.5. The molecule has 0 radical (unpaired) electrons. The summed E-state index contributed by atoms with van der Waals surface area (Å²) < 4.78 is 5.48. The van der Waals surface area contributed by atoms with Gasteiger partial charge in [-0.25, -0.2) is 4.98 Å². The molecule has 0 aliphatic heterocycles. The average molecular weight is 265 g/mol. The Bertz CT molecular complexity index is 510. The van der Waals surface area contributed by atoms with Crippen molar-refractivity contribution in [2.75, 3.05) is 5.73 Å². The summed E-state index contributed by atoms with van der Waals surface area (Å²) in [5.41, 5.74) is 13.1. The highest BCUT2D eigenvalue weighted by Gasteiger charge is 2.02. The van der Waals surface area contributed by atoms with Crippen molar-refractivity contribution in [3.8, 4) is 5.88 Å². The van der Waals surface area contributed by atoms with E-state index in [0.717, 1.165) is 11.1 Å². The smallest absolute Gasteiger partial charge is 0.224 e. The van der Waals surface area contributed by atoms with Crippen LogP contribution in [-0.2, 0) is 13.2 Å². The van der Waals surface area contributed by atoms with Crippen LogP contribution in [-0.4, -0.2) is 9.97 Å². The minimum absolute atomic E-state index is 0.0935. The van der Waals surface area contributed by atoms with E-state index in [2.05, 4.69) is 9.97 Å². The molecule has 4 N–H and O–H groups in total. The third-order valence-corrected chi connectivity index (χ3v) is 2.53. The van der Waals surface area contributed by atoms with Gasteiger partial charge in [0.25, 0.3) is 0 Å². The van der Waals surface area contributed by atoms with E-state index >= 15 is 0 Å². The van der Waals surface area contributed by atoms with Gasteiger partial charge in [-0.05, 0) is 11.1 Å². The van der Waals surface area contributed by atoms with Crippen molar-refractivity contribution in [2.24, 2.45) is 5.73 Å². The molecule has 0 amide bonds. The molecule has 0 aliphatic rings. The maximum absolute atomic E-state index is 5.75. The van der Waals surface area contributed by atoms with E-state index in [9.17, 15) is 0 Å². The van der Waals surface area contributed by atoms with Gasteiger partial charge >= 0.3 is 0 Å². The van der Waals surface area contributed by atoms with E-state index in [1.165, 1.54) is 6.07 Å². The molecule has 0 bridgehead atoms. The number of nitrogens with two attached hydrogens (primary N) is 2. The van der Waals surface area contributed by atoms with Gasteiger partial charge < -0.3 is 16.2 Å². The number of nitrogen functional groups attached to an aromatic ring is 1. The Labute approximate surface area is 110 Å². The Morgan fingerprint density at radius 1 is 1.11 bits per heavy atom. The van der Waals surface area contributed by atoms with Crippen molar-refractivity contribution in [3.63, 3.8) is 0 Å². The van der Waals surface area contributed by atoms with Gasteiger partial charge in [0.05, 0.1) is 0 Å². The molecule has 18 heavy (non-hydrogen) atoms. The lowest BCUT2D eigenvalue weighted by Crippen LogP contribution is -2.02. The summed E-state index contributed by atoms with van der Waals surface area (Å²) in [4.78, 5) is 7.67. The Morgan fingerprint density at radius 3 is 2.39 bits per heavy atom. The number of halogens is 1. The van der Waals surface area contributed by atoms with Crippen LogP contribution in [0.5, 0.6) is 5.88 Å². The Hall–Kier alpha value is -1.85. The van der Waals surface area contributed by atoms with Crippen LogP contribution < -0.4 is 16.2 Å². The van der Waals surface area contributed by atoms with Crippen LogP contribution in [0.1, 0.15) is 11.1 Å². The minimum Gasteiger partial charge on any atom is -0.473 e. The summed E-state index contributed by atoms with van der Waals surface area (Å²) in [7, 11) is 0. The van der Waals surface area contributed by atoms with Gasteiger partial charge in [0.1, 0.15) is 11.8 Å². The molecule has 0 fully saturated rings. The topological polar surface area (TPSA) is 87.0 Å². The zero-order chi connectivity index (χ0) is 13.0. The zero-order valence-corrected chi connectivity index (χ0v) is 10.4. The fourth-order valence-electron chi connectivity index (χ4n) is 1.42. The molecule has 1 aromatic carbocycles. The van der Waals surface area contributed by atoms with Crippen molar-refractivity contribution >= 4 is 17.5 Å². The van der Waals surface area contributed by atoms with E-state index in [1.54, 1.807) is 0 Å². The maximum atomic E-state index is 5.75. The number of rotatable bonds is 4. The second-order valence-electron chi connectivity index (χ2n) is 3.70. The Balaban J connectivity index is 2.01. The van der Waals surface area contributed by atoms with Gasteiger partial charge in [-0.15, -0.1) is 0 Å². The monoisotopic (exact) mass is 264 g/mol. The molecular weight excluding hydrogens is 252 g/mol. The number of hydrogen-bond donors (Lipinski definition) is 2. The van der Waals surface area contributed by atoms with Crippen molar-refractivity contribution in [1.82, 2.24) is 9.97 Å². The average Bonchev–Trinajstić information content (AvgIpc) is 2.36. The first kappa shape index (κ1) is 12.6. The maximum Gasteiger partial charge on any atom is 0.224 e. The predicted molar refractivity (Wildman–Crippen MR) is 70.1 cm³/mol. The second kappa shape index (κ2) is 5.66. The van der Waals surface area contributed by atoms with Gasteiger partial charge in [-0.3, -0.25) is 0 Å². The van der Waals surface area contributed by atoms with Crippen molar-refractivity contribution in [2.45, 2.75) is 13.2 Å². The third kappa shape index (κ3) is 3.32. The molecule has 0 atom stereocenters. The molecule has 1 heterocycles. The summed E-state index contributed by atoms with van der Waals surface area (Å²) in [6.45, 7) is 0.914. The van der Waals surface area contributed by atoms with Crippen LogP contribution in [0, 0.1) is 0 Å². The highest BCUT2D eigenvalue weighted by Crippen LogP contribution is 2.16. The lowest BCUT2D eigenvalue weighted by Gasteiger charge is -2.06. The molecule has 5 nitrogen and oxygen atoms in total. The summed E-state index contributed by atoms with van der Waals surface area (Å²) in [5.74, 6) is 0.450. The van der Waals surface area contributed by atoms with Crippen molar-refractivity contribution in [1.29, 1.82) is 0 Å². The lowest BCUT2D eigenvalue weighted by atomic mass is 10.1. The molecule has 1 aromatic heterocycles. The van der Waals surface area contributed by atoms with Crippen molar-refractivity contribution < 1.29 is 4.74 Å². The number of anilines is 1. The molecule has 0 aliphatic carbocycles. The molecule has 6 heteroatoms. The van der Waals surface area contributed by atoms with E-state index in [4.69, 9.17) is 27.8 Å². The normalized spacial score (nSPS) is 10.3. The Kier molecular flexibility index (Phi) is 3.96. The van der Waals surface area contributed by atoms with Crippen LogP contribution in [0.2, 0.25) is 5.15 Å². The minimum atomic E-state index is 0.0935. The first-order valence-corrected chi connectivity index (χ1v) is 5.76. The Morgan fingerprint density at radius 2 is 1.78 bits per heavy atom. The van der Waals surface area contributed by atoms with Gasteiger partial charge in [-0.1, -0.05) is 35.9 Å². The van der Waals surface area contributed by atoms with Crippen LogP contribution in [0.25, 0.3) is 0 Å². The van der Waals surface area contributed by atoms with Crippen LogP contribution in [0.4, 0.5) is 5.95 Å². The first-order chi connectivity index (χ1) is 8.67. The molecule has 0 saturated heterocycles. The van der Waals surface area contributed by atoms with Gasteiger partial charge in [0, 0.05) is 12.6 Å².